The lowest BCUT2D eigenvalue weighted by Crippen LogP contribution is -2.52. The molecule has 4 heterocycles. The van der Waals surface area contributed by atoms with E-state index in [0.29, 0.717) is 18.9 Å². The molecule has 0 radical (unpaired) electrons. The van der Waals surface area contributed by atoms with Crippen molar-refractivity contribution in [3.63, 3.8) is 0 Å². The predicted molar refractivity (Wildman–Crippen MR) is 89.2 cm³/mol. The summed E-state index contributed by atoms with van der Waals surface area (Å²) in [4.78, 5) is 29.3. The second kappa shape index (κ2) is 6.55. The highest BCUT2D eigenvalue weighted by Gasteiger charge is 2.40. The smallest absolute Gasteiger partial charge is 0.333 e. The lowest BCUT2D eigenvalue weighted by atomic mass is 9.86. The van der Waals surface area contributed by atoms with Crippen molar-refractivity contribution in [2.24, 2.45) is 5.92 Å². The first kappa shape index (κ1) is 15.6. The first-order valence-corrected chi connectivity index (χ1v) is 8.99. The zero-order valence-electron chi connectivity index (χ0n) is 13.9. The van der Waals surface area contributed by atoms with Crippen LogP contribution in [-0.2, 0) is 14.3 Å². The lowest BCUT2D eigenvalue weighted by Gasteiger charge is -2.44. The molecule has 4 aliphatic rings. The Morgan fingerprint density at radius 2 is 1.88 bits per heavy atom. The normalized spacial score (nSPS) is 30.4. The predicted octanol–water partition coefficient (Wildman–Crippen LogP) is 1.99. The average Bonchev–Trinajstić information content (AvgIpc) is 3.03. The van der Waals surface area contributed by atoms with Gasteiger partial charge < -0.3 is 9.64 Å². The van der Waals surface area contributed by atoms with Crippen molar-refractivity contribution in [1.82, 2.24) is 9.80 Å². The number of likely N-dealkylation sites (tertiary alicyclic amines) is 1. The van der Waals surface area contributed by atoms with Crippen molar-refractivity contribution in [2.75, 3.05) is 26.2 Å². The van der Waals surface area contributed by atoms with Crippen LogP contribution in [0, 0.1) is 5.92 Å². The number of rotatable bonds is 4. The summed E-state index contributed by atoms with van der Waals surface area (Å²) < 4.78 is 5.93. The summed E-state index contributed by atoms with van der Waals surface area (Å²) in [7, 11) is 0. The van der Waals surface area contributed by atoms with Crippen molar-refractivity contribution in [1.29, 1.82) is 0 Å². The summed E-state index contributed by atoms with van der Waals surface area (Å²) in [6.07, 6.45) is 3.53. The second-order valence-electron chi connectivity index (χ2n) is 7.12. The quantitative estimate of drug-likeness (QED) is 0.793. The molecule has 0 saturated carbocycles. The maximum Gasteiger partial charge on any atom is 0.333 e. The van der Waals surface area contributed by atoms with Crippen molar-refractivity contribution >= 4 is 11.9 Å². The molecule has 128 valence electrons. The molecule has 4 fully saturated rings. The fourth-order valence-corrected chi connectivity index (χ4v) is 4.28. The number of piperidine rings is 3. The first-order valence-electron chi connectivity index (χ1n) is 8.99. The van der Waals surface area contributed by atoms with Crippen molar-refractivity contribution in [3.05, 3.63) is 35.9 Å². The molecule has 2 bridgehead atoms. The summed E-state index contributed by atoms with van der Waals surface area (Å²) in [5, 5.41) is 0. The van der Waals surface area contributed by atoms with E-state index >= 15 is 0 Å². The molecule has 5 heteroatoms. The summed E-state index contributed by atoms with van der Waals surface area (Å²) in [6.45, 7) is 3.70. The molecule has 5 rings (SSSR count). The maximum atomic E-state index is 13.0. The van der Waals surface area contributed by atoms with Gasteiger partial charge in [0, 0.05) is 19.5 Å². The number of carbonyl (C=O) groups excluding carboxylic acids is 2. The molecule has 1 aromatic rings. The lowest BCUT2D eigenvalue weighted by molar-refractivity contribution is -0.167. The standard InChI is InChI=1S/C19H24N2O3/c22-17-7-4-10-21(17)18(15-5-2-1-3-6-15)19(23)24-16-13-20-11-8-14(16)9-12-20/h1-3,5-6,14,16,18H,4,7-13H2/t16-,18?/m0/s1. The molecular weight excluding hydrogens is 304 g/mol. The Balaban J connectivity index is 1.54. The number of nitrogens with zero attached hydrogens (tertiary/aromatic N) is 2. The van der Waals surface area contributed by atoms with Crippen molar-refractivity contribution < 1.29 is 14.3 Å². The fraction of sp³-hybridized carbons (Fsp3) is 0.579. The monoisotopic (exact) mass is 328 g/mol. The Morgan fingerprint density at radius 3 is 2.46 bits per heavy atom. The van der Waals surface area contributed by atoms with Crippen LogP contribution in [0.15, 0.2) is 30.3 Å². The second-order valence-corrected chi connectivity index (χ2v) is 7.12. The summed E-state index contributed by atoms with van der Waals surface area (Å²) in [5.41, 5.74) is 0.846. The van der Waals surface area contributed by atoms with Gasteiger partial charge in [0.1, 0.15) is 6.10 Å². The van der Waals surface area contributed by atoms with Gasteiger partial charge in [0.25, 0.3) is 0 Å². The van der Waals surface area contributed by atoms with Gasteiger partial charge in [-0.25, -0.2) is 4.79 Å². The number of carbonyl (C=O) groups is 2. The van der Waals surface area contributed by atoms with E-state index < -0.39 is 6.04 Å². The van der Waals surface area contributed by atoms with Gasteiger partial charge in [-0.2, -0.15) is 0 Å². The molecule has 1 unspecified atom stereocenters. The topological polar surface area (TPSA) is 49.9 Å². The van der Waals surface area contributed by atoms with E-state index in [4.69, 9.17) is 4.74 Å². The number of fused-ring (bicyclic) bond motifs is 3. The molecule has 0 aromatic heterocycles. The molecule has 1 amide bonds. The summed E-state index contributed by atoms with van der Waals surface area (Å²) in [6, 6.07) is 8.96. The molecule has 24 heavy (non-hydrogen) atoms. The highest BCUT2D eigenvalue weighted by atomic mass is 16.5. The molecule has 4 aliphatic heterocycles. The number of hydrogen-bond acceptors (Lipinski definition) is 4. The number of ether oxygens (including phenoxy) is 1. The minimum atomic E-state index is -0.600. The molecule has 5 nitrogen and oxygen atoms in total. The molecular formula is C19H24N2O3. The SMILES string of the molecule is O=C(O[C@H]1CN2CCC1CC2)C(c1ccccc1)N1CCCC1=O. The van der Waals surface area contributed by atoms with Crippen LogP contribution in [0.2, 0.25) is 0 Å². The van der Waals surface area contributed by atoms with Gasteiger partial charge in [-0.05, 0) is 43.8 Å². The van der Waals surface area contributed by atoms with E-state index in [0.717, 1.165) is 44.5 Å². The minimum Gasteiger partial charge on any atom is -0.459 e. The van der Waals surface area contributed by atoms with E-state index in [-0.39, 0.29) is 18.0 Å². The summed E-state index contributed by atoms with van der Waals surface area (Å²) in [5.74, 6) is 0.259. The largest absolute Gasteiger partial charge is 0.459 e. The molecule has 4 saturated heterocycles. The third kappa shape index (κ3) is 2.93. The van der Waals surface area contributed by atoms with Gasteiger partial charge in [0.15, 0.2) is 6.04 Å². The number of benzene rings is 1. The third-order valence-electron chi connectivity index (χ3n) is 5.62. The van der Waals surface area contributed by atoms with Crippen LogP contribution in [0.1, 0.15) is 37.3 Å². The van der Waals surface area contributed by atoms with Crippen LogP contribution in [0.3, 0.4) is 0 Å². The minimum absolute atomic E-state index is 0.0242. The fourth-order valence-electron chi connectivity index (χ4n) is 4.28. The van der Waals surface area contributed by atoms with Crippen LogP contribution in [0.25, 0.3) is 0 Å². The van der Waals surface area contributed by atoms with E-state index in [1.807, 2.05) is 30.3 Å². The average molecular weight is 328 g/mol. The van der Waals surface area contributed by atoms with Gasteiger partial charge in [0.05, 0.1) is 0 Å². The Bertz CT molecular complexity index is 610. The Morgan fingerprint density at radius 1 is 1.12 bits per heavy atom. The molecule has 2 atom stereocenters. The van der Waals surface area contributed by atoms with E-state index in [1.165, 1.54) is 0 Å². The van der Waals surface area contributed by atoms with Gasteiger partial charge in [-0.3, -0.25) is 9.69 Å². The molecule has 0 N–H and O–H groups in total. The highest BCUT2D eigenvalue weighted by Crippen LogP contribution is 2.33. The molecule has 0 aliphatic carbocycles. The van der Waals surface area contributed by atoms with Gasteiger partial charge in [-0.15, -0.1) is 0 Å². The van der Waals surface area contributed by atoms with Crippen LogP contribution in [0.4, 0.5) is 0 Å². The Kier molecular flexibility index (Phi) is 4.27. The first-order chi connectivity index (χ1) is 11.7. The Hall–Kier alpha value is -1.88. The number of esters is 1. The van der Waals surface area contributed by atoms with Crippen LogP contribution >= 0.6 is 0 Å². The van der Waals surface area contributed by atoms with E-state index in [9.17, 15) is 9.59 Å². The van der Waals surface area contributed by atoms with E-state index in [2.05, 4.69) is 4.90 Å². The zero-order chi connectivity index (χ0) is 16.5. The third-order valence-corrected chi connectivity index (χ3v) is 5.62. The van der Waals surface area contributed by atoms with Gasteiger partial charge in [0.2, 0.25) is 5.91 Å². The Labute approximate surface area is 142 Å². The van der Waals surface area contributed by atoms with Crippen molar-refractivity contribution in [3.8, 4) is 0 Å². The number of amides is 1. The molecule has 1 aromatic carbocycles. The van der Waals surface area contributed by atoms with Crippen LogP contribution in [-0.4, -0.2) is 54.0 Å². The van der Waals surface area contributed by atoms with Gasteiger partial charge >= 0.3 is 5.97 Å². The summed E-state index contributed by atoms with van der Waals surface area (Å²) >= 11 is 0. The molecule has 0 spiro atoms. The van der Waals surface area contributed by atoms with Crippen molar-refractivity contribution in [2.45, 2.75) is 37.8 Å². The van der Waals surface area contributed by atoms with Crippen LogP contribution in [0.5, 0.6) is 0 Å². The zero-order valence-corrected chi connectivity index (χ0v) is 13.9. The van der Waals surface area contributed by atoms with Gasteiger partial charge in [-0.1, -0.05) is 30.3 Å². The maximum absolute atomic E-state index is 13.0. The highest BCUT2D eigenvalue weighted by molar-refractivity contribution is 5.86. The van der Waals surface area contributed by atoms with Crippen LogP contribution < -0.4 is 0 Å². The number of hydrogen-bond donors (Lipinski definition) is 0. The van der Waals surface area contributed by atoms with E-state index in [1.54, 1.807) is 4.90 Å².